The molecule has 0 aliphatic heterocycles. The number of hydrogen-bond acceptors (Lipinski definition) is 6. The smallest absolute Gasteiger partial charge is 0.123 e. The molecule has 2 heterocycles. The SMILES string of the molecule is c1ccc(-c2nc(CSCCCCCCCCSCc3csc(-c4ccccc4)n3)cs2)cc1. The van der Waals surface area contributed by atoms with Gasteiger partial charge in [-0.15, -0.1) is 22.7 Å². The van der Waals surface area contributed by atoms with Crippen LogP contribution in [0.2, 0.25) is 0 Å². The molecule has 0 bridgehead atoms. The van der Waals surface area contributed by atoms with Crippen LogP contribution in [0.4, 0.5) is 0 Å². The molecule has 0 spiro atoms. The summed E-state index contributed by atoms with van der Waals surface area (Å²) in [6, 6.07) is 21.0. The summed E-state index contributed by atoms with van der Waals surface area (Å²) in [7, 11) is 0. The van der Waals surface area contributed by atoms with Crippen LogP contribution in [-0.4, -0.2) is 21.5 Å². The normalized spacial score (nSPS) is 11.2. The number of thioether (sulfide) groups is 2. The van der Waals surface area contributed by atoms with Crippen LogP contribution < -0.4 is 0 Å². The Bertz CT molecular complexity index is 988. The van der Waals surface area contributed by atoms with Crippen molar-refractivity contribution in [3.63, 3.8) is 0 Å². The molecule has 0 saturated heterocycles. The lowest BCUT2D eigenvalue weighted by Gasteiger charge is -2.02. The standard InChI is InChI=1S/C28H32N2S4/c1(3-11-17-31-19-25-21-33-27(29-25)23-13-7-5-8-14-23)2-4-12-18-32-20-26-22-34-28(30-26)24-15-9-6-10-16-24/h5-10,13-16,21-22H,1-4,11-12,17-20H2. The highest BCUT2D eigenvalue weighted by Gasteiger charge is 2.05. The Kier molecular flexibility index (Phi) is 11.0. The molecule has 0 aliphatic carbocycles. The van der Waals surface area contributed by atoms with E-state index in [0.717, 1.165) is 21.5 Å². The molecule has 0 aliphatic rings. The van der Waals surface area contributed by atoms with Crippen molar-refractivity contribution in [1.29, 1.82) is 0 Å². The molecule has 4 aromatic rings. The maximum absolute atomic E-state index is 4.79. The highest BCUT2D eigenvalue weighted by atomic mass is 32.2. The Hall–Kier alpha value is -1.60. The van der Waals surface area contributed by atoms with Crippen molar-refractivity contribution in [3.05, 3.63) is 82.8 Å². The maximum atomic E-state index is 4.79. The second kappa shape index (κ2) is 14.7. The third-order valence-corrected chi connectivity index (χ3v) is 9.51. The van der Waals surface area contributed by atoms with Gasteiger partial charge in [-0.2, -0.15) is 23.5 Å². The van der Waals surface area contributed by atoms with E-state index < -0.39 is 0 Å². The van der Waals surface area contributed by atoms with E-state index in [4.69, 9.17) is 9.97 Å². The predicted octanol–water partition coefficient (Wildman–Crippen LogP) is 9.44. The molecule has 0 saturated carbocycles. The zero-order valence-electron chi connectivity index (χ0n) is 19.5. The Morgan fingerprint density at radius 3 is 1.38 bits per heavy atom. The molecule has 0 amide bonds. The molecule has 6 heteroatoms. The number of benzene rings is 2. The van der Waals surface area contributed by atoms with Gasteiger partial charge in [-0.1, -0.05) is 86.3 Å². The van der Waals surface area contributed by atoms with Crippen molar-refractivity contribution in [2.75, 3.05) is 11.5 Å². The molecule has 178 valence electrons. The van der Waals surface area contributed by atoms with Crippen LogP contribution in [0, 0.1) is 0 Å². The number of thiazole rings is 2. The number of nitrogens with zero attached hydrogens (tertiary/aromatic N) is 2. The highest BCUT2D eigenvalue weighted by molar-refractivity contribution is 7.98. The minimum Gasteiger partial charge on any atom is -0.240 e. The van der Waals surface area contributed by atoms with Crippen molar-refractivity contribution in [2.45, 2.75) is 50.0 Å². The minimum absolute atomic E-state index is 1.03. The van der Waals surface area contributed by atoms with Crippen LogP contribution in [-0.2, 0) is 11.5 Å². The zero-order chi connectivity index (χ0) is 23.3. The van der Waals surface area contributed by atoms with Crippen LogP contribution in [0.3, 0.4) is 0 Å². The van der Waals surface area contributed by atoms with E-state index in [2.05, 4.69) is 71.4 Å². The third kappa shape index (κ3) is 8.56. The molecule has 0 fully saturated rings. The van der Waals surface area contributed by atoms with E-state index in [0.29, 0.717) is 0 Å². The van der Waals surface area contributed by atoms with E-state index in [9.17, 15) is 0 Å². The molecule has 0 N–H and O–H groups in total. The summed E-state index contributed by atoms with van der Waals surface area (Å²) in [6.45, 7) is 0. The number of aromatic nitrogens is 2. The van der Waals surface area contributed by atoms with E-state index in [1.54, 1.807) is 22.7 Å². The summed E-state index contributed by atoms with van der Waals surface area (Å²) >= 11 is 7.56. The van der Waals surface area contributed by atoms with Crippen molar-refractivity contribution < 1.29 is 0 Å². The van der Waals surface area contributed by atoms with Gasteiger partial charge in [0.25, 0.3) is 0 Å². The van der Waals surface area contributed by atoms with Crippen molar-refractivity contribution >= 4 is 46.2 Å². The van der Waals surface area contributed by atoms with Crippen LogP contribution in [0.5, 0.6) is 0 Å². The lowest BCUT2D eigenvalue weighted by molar-refractivity contribution is 0.629. The first-order valence-electron chi connectivity index (χ1n) is 12.0. The number of rotatable bonds is 15. The predicted molar refractivity (Wildman–Crippen MR) is 155 cm³/mol. The summed E-state index contributed by atoms with van der Waals surface area (Å²) in [4.78, 5) is 9.58. The Morgan fingerprint density at radius 1 is 0.529 bits per heavy atom. The number of unbranched alkanes of at least 4 members (excludes halogenated alkanes) is 5. The molecule has 0 atom stereocenters. The first-order chi connectivity index (χ1) is 16.9. The minimum atomic E-state index is 1.03. The monoisotopic (exact) mass is 524 g/mol. The molecule has 2 aromatic heterocycles. The van der Waals surface area contributed by atoms with Crippen molar-refractivity contribution in [3.8, 4) is 21.1 Å². The van der Waals surface area contributed by atoms with Gasteiger partial charge in [0.15, 0.2) is 0 Å². The Morgan fingerprint density at radius 2 is 0.941 bits per heavy atom. The van der Waals surface area contributed by atoms with E-state index in [1.165, 1.54) is 72.5 Å². The fourth-order valence-electron chi connectivity index (χ4n) is 3.64. The average molecular weight is 525 g/mol. The number of hydrogen-bond donors (Lipinski definition) is 0. The molecule has 2 nitrogen and oxygen atoms in total. The Balaban J connectivity index is 0.970. The molecule has 0 unspecified atom stereocenters. The average Bonchev–Trinajstić information content (AvgIpc) is 3.56. The van der Waals surface area contributed by atoms with Gasteiger partial charge in [-0.25, -0.2) is 9.97 Å². The van der Waals surface area contributed by atoms with Crippen LogP contribution in [0.1, 0.15) is 49.9 Å². The summed E-state index contributed by atoms with van der Waals surface area (Å²) < 4.78 is 0. The summed E-state index contributed by atoms with van der Waals surface area (Å²) in [5.74, 6) is 4.55. The van der Waals surface area contributed by atoms with Gasteiger partial charge in [0.05, 0.1) is 11.4 Å². The maximum Gasteiger partial charge on any atom is 0.123 e. The second-order valence-corrected chi connectivity index (χ2v) is 12.2. The van der Waals surface area contributed by atoms with Gasteiger partial charge < -0.3 is 0 Å². The van der Waals surface area contributed by atoms with Crippen molar-refractivity contribution in [2.24, 2.45) is 0 Å². The summed E-state index contributed by atoms with van der Waals surface area (Å²) in [5, 5.41) is 6.70. The lowest BCUT2D eigenvalue weighted by Crippen LogP contribution is -1.87. The third-order valence-electron chi connectivity index (χ3n) is 5.47. The van der Waals surface area contributed by atoms with Crippen molar-refractivity contribution in [1.82, 2.24) is 9.97 Å². The van der Waals surface area contributed by atoms with E-state index in [1.807, 2.05) is 23.5 Å². The van der Waals surface area contributed by atoms with Crippen LogP contribution >= 0.6 is 46.2 Å². The largest absolute Gasteiger partial charge is 0.240 e. The van der Waals surface area contributed by atoms with E-state index >= 15 is 0 Å². The molecule has 2 aromatic carbocycles. The second-order valence-electron chi connectivity index (χ2n) is 8.25. The molecule has 34 heavy (non-hydrogen) atoms. The topological polar surface area (TPSA) is 25.8 Å². The van der Waals surface area contributed by atoms with Gasteiger partial charge in [0.2, 0.25) is 0 Å². The fraction of sp³-hybridized carbons (Fsp3) is 0.357. The first-order valence-corrected chi connectivity index (χ1v) is 16.1. The Labute approximate surface area is 220 Å². The molecular weight excluding hydrogens is 493 g/mol. The quantitative estimate of drug-likeness (QED) is 0.145. The highest BCUT2D eigenvalue weighted by Crippen LogP contribution is 2.26. The van der Waals surface area contributed by atoms with Crippen LogP contribution in [0.25, 0.3) is 21.1 Å². The van der Waals surface area contributed by atoms with E-state index in [-0.39, 0.29) is 0 Å². The van der Waals surface area contributed by atoms with Crippen LogP contribution in [0.15, 0.2) is 71.4 Å². The first kappa shape index (κ1) is 25.5. The fourth-order valence-corrected chi connectivity index (χ4v) is 7.32. The van der Waals surface area contributed by atoms with Gasteiger partial charge in [0.1, 0.15) is 10.0 Å². The summed E-state index contributed by atoms with van der Waals surface area (Å²) in [6.07, 6.45) is 8.09. The molecular formula is C28H32N2S4. The van der Waals surface area contributed by atoms with Gasteiger partial charge in [0, 0.05) is 33.4 Å². The summed E-state index contributed by atoms with van der Waals surface area (Å²) in [5.41, 5.74) is 4.89. The lowest BCUT2D eigenvalue weighted by atomic mass is 10.1. The van der Waals surface area contributed by atoms with Gasteiger partial charge in [-0.3, -0.25) is 0 Å². The molecule has 0 radical (unpaired) electrons. The van der Waals surface area contributed by atoms with Gasteiger partial charge in [-0.05, 0) is 24.3 Å². The zero-order valence-corrected chi connectivity index (χ0v) is 22.8. The molecule has 4 rings (SSSR count). The van der Waals surface area contributed by atoms with Gasteiger partial charge >= 0.3 is 0 Å².